The number of ether oxygens (including phenoxy) is 1. The molecule has 7 heteroatoms. The highest BCUT2D eigenvalue weighted by Crippen LogP contribution is 2.30. The molecule has 27 heavy (non-hydrogen) atoms. The van der Waals surface area contributed by atoms with E-state index in [2.05, 4.69) is 10.1 Å². The maximum atomic E-state index is 12.5. The molecule has 5 nitrogen and oxygen atoms in total. The van der Waals surface area contributed by atoms with Gasteiger partial charge in [0.05, 0.1) is 5.92 Å². The van der Waals surface area contributed by atoms with Crippen LogP contribution in [0.3, 0.4) is 0 Å². The first-order valence-corrected chi connectivity index (χ1v) is 8.57. The van der Waals surface area contributed by atoms with Gasteiger partial charge in [-0.1, -0.05) is 12.1 Å². The molecule has 1 saturated heterocycles. The van der Waals surface area contributed by atoms with Gasteiger partial charge in [-0.15, -0.1) is 0 Å². The molecule has 1 atom stereocenters. The molecule has 1 aliphatic rings. The fourth-order valence-corrected chi connectivity index (χ4v) is 3.11. The molecule has 1 aliphatic heterocycles. The normalized spacial score (nSPS) is 16.7. The Hall–Kier alpha value is -2.96. The Balaban J connectivity index is 1.66. The lowest BCUT2D eigenvalue weighted by molar-refractivity contribution is -0.122. The zero-order chi connectivity index (χ0) is 19.6. The minimum atomic E-state index is -2.90. The number of hydrogen-bond donors (Lipinski definition) is 1. The zero-order valence-corrected chi connectivity index (χ0v) is 15.0. The molecule has 0 bridgehead atoms. The average molecular weight is 374 g/mol. The summed E-state index contributed by atoms with van der Waals surface area (Å²) in [6.45, 7) is 1.34. The molecule has 0 saturated carbocycles. The third-order valence-electron chi connectivity index (χ3n) is 4.71. The number of alkyl halides is 2. The van der Waals surface area contributed by atoms with Crippen LogP contribution in [-0.2, 0) is 9.59 Å². The monoisotopic (exact) mass is 374 g/mol. The van der Waals surface area contributed by atoms with Gasteiger partial charge in [-0.05, 0) is 55.3 Å². The molecule has 3 rings (SSSR count). The van der Waals surface area contributed by atoms with E-state index < -0.39 is 12.5 Å². The summed E-state index contributed by atoms with van der Waals surface area (Å²) in [6, 6.07) is 11.4. The minimum Gasteiger partial charge on any atom is -0.435 e. The van der Waals surface area contributed by atoms with E-state index in [1.54, 1.807) is 4.90 Å². The highest BCUT2D eigenvalue weighted by atomic mass is 19.3. The number of anilines is 2. The van der Waals surface area contributed by atoms with E-state index in [0.717, 1.165) is 16.8 Å². The summed E-state index contributed by atoms with van der Waals surface area (Å²) in [5, 5.41) is 2.72. The van der Waals surface area contributed by atoms with Gasteiger partial charge in [0.25, 0.3) is 0 Å². The van der Waals surface area contributed by atoms with Gasteiger partial charge in [0.2, 0.25) is 11.8 Å². The highest BCUT2D eigenvalue weighted by molar-refractivity contribution is 6.03. The molecule has 1 unspecified atom stereocenters. The number of benzene rings is 2. The first-order chi connectivity index (χ1) is 12.8. The van der Waals surface area contributed by atoms with Crippen LogP contribution in [0.4, 0.5) is 20.2 Å². The van der Waals surface area contributed by atoms with Crippen molar-refractivity contribution < 1.29 is 23.1 Å². The van der Waals surface area contributed by atoms with Gasteiger partial charge in [-0.3, -0.25) is 9.59 Å². The van der Waals surface area contributed by atoms with Crippen molar-refractivity contribution in [1.29, 1.82) is 0 Å². The van der Waals surface area contributed by atoms with Gasteiger partial charge in [-0.2, -0.15) is 8.78 Å². The molecule has 0 spiro atoms. The van der Waals surface area contributed by atoms with Crippen LogP contribution in [0.15, 0.2) is 42.5 Å². The molecule has 0 aromatic heterocycles. The highest BCUT2D eigenvalue weighted by Gasteiger charge is 2.35. The lowest BCUT2D eigenvalue weighted by Gasteiger charge is -2.20. The van der Waals surface area contributed by atoms with Crippen LogP contribution in [-0.4, -0.2) is 25.0 Å². The summed E-state index contributed by atoms with van der Waals surface area (Å²) < 4.78 is 28.6. The molecular formula is C20H20F2N2O3. The molecule has 2 amide bonds. The molecule has 0 aliphatic carbocycles. The molecule has 0 radical (unpaired) electrons. The van der Waals surface area contributed by atoms with Crippen molar-refractivity contribution in [1.82, 2.24) is 0 Å². The van der Waals surface area contributed by atoms with E-state index >= 15 is 0 Å². The molecule has 1 heterocycles. The minimum absolute atomic E-state index is 0.0140. The van der Waals surface area contributed by atoms with Crippen molar-refractivity contribution in [3.05, 3.63) is 53.6 Å². The summed E-state index contributed by atoms with van der Waals surface area (Å²) >= 11 is 0. The predicted octanol–water partition coefficient (Wildman–Crippen LogP) is 3.90. The summed E-state index contributed by atoms with van der Waals surface area (Å²) in [7, 11) is 0. The maximum Gasteiger partial charge on any atom is 0.387 e. The van der Waals surface area contributed by atoms with Crippen LogP contribution < -0.4 is 15.0 Å². The number of carbonyl (C=O) groups excluding carboxylic acids is 2. The largest absolute Gasteiger partial charge is 0.435 e. The molecule has 2 aromatic rings. The first kappa shape index (κ1) is 18.8. The summed E-state index contributed by atoms with van der Waals surface area (Å²) in [5.74, 6) is -0.835. The van der Waals surface area contributed by atoms with Crippen molar-refractivity contribution in [2.24, 2.45) is 5.92 Å². The smallest absolute Gasteiger partial charge is 0.387 e. The van der Waals surface area contributed by atoms with Gasteiger partial charge in [0, 0.05) is 24.3 Å². The van der Waals surface area contributed by atoms with E-state index in [4.69, 9.17) is 0 Å². The zero-order valence-electron chi connectivity index (χ0n) is 15.0. The van der Waals surface area contributed by atoms with E-state index in [0.29, 0.717) is 12.2 Å². The Bertz CT molecular complexity index is 853. The number of rotatable bonds is 5. The number of carbonyl (C=O) groups is 2. The number of nitrogens with zero attached hydrogens (tertiary/aromatic N) is 1. The van der Waals surface area contributed by atoms with Gasteiger partial charge in [0.15, 0.2) is 0 Å². The summed E-state index contributed by atoms with van der Waals surface area (Å²) in [6.07, 6.45) is 0.131. The summed E-state index contributed by atoms with van der Waals surface area (Å²) in [5.41, 5.74) is 3.38. The lowest BCUT2D eigenvalue weighted by Crippen LogP contribution is -2.28. The van der Waals surface area contributed by atoms with E-state index in [1.165, 1.54) is 24.3 Å². The second kappa shape index (κ2) is 7.73. The Labute approximate surface area is 155 Å². The lowest BCUT2D eigenvalue weighted by atomic mass is 10.1. The molecular weight excluding hydrogens is 354 g/mol. The SMILES string of the molecule is Cc1cccc(N2CC(C(=O)Nc3ccc(OC(F)F)cc3)CC2=O)c1C. The number of nitrogens with one attached hydrogen (secondary N) is 1. The number of aryl methyl sites for hydroxylation is 1. The van der Waals surface area contributed by atoms with Crippen LogP contribution in [0.5, 0.6) is 5.75 Å². The molecule has 2 aromatic carbocycles. The second-order valence-corrected chi connectivity index (χ2v) is 6.52. The van der Waals surface area contributed by atoms with Crippen LogP contribution >= 0.6 is 0 Å². The van der Waals surface area contributed by atoms with Gasteiger partial charge >= 0.3 is 6.61 Å². The maximum absolute atomic E-state index is 12.5. The Morgan fingerprint density at radius 3 is 2.56 bits per heavy atom. The number of halogens is 2. The van der Waals surface area contributed by atoms with Crippen LogP contribution in [0, 0.1) is 19.8 Å². The third-order valence-corrected chi connectivity index (χ3v) is 4.71. The number of hydrogen-bond acceptors (Lipinski definition) is 3. The van der Waals surface area contributed by atoms with E-state index in [-0.39, 0.29) is 24.0 Å². The standard InChI is InChI=1S/C20H20F2N2O3/c1-12-4-3-5-17(13(12)2)24-11-14(10-18(24)25)19(26)23-15-6-8-16(9-7-15)27-20(21)22/h3-9,14,20H,10-11H2,1-2H3,(H,23,26). The predicted molar refractivity (Wildman–Crippen MR) is 98.1 cm³/mol. The van der Waals surface area contributed by atoms with Crippen molar-refractivity contribution in [3.63, 3.8) is 0 Å². The van der Waals surface area contributed by atoms with E-state index in [1.807, 2.05) is 32.0 Å². The van der Waals surface area contributed by atoms with Crippen molar-refractivity contribution in [2.45, 2.75) is 26.9 Å². The Morgan fingerprint density at radius 2 is 1.89 bits per heavy atom. The number of amides is 2. The quantitative estimate of drug-likeness (QED) is 0.864. The van der Waals surface area contributed by atoms with Crippen molar-refractivity contribution in [3.8, 4) is 5.75 Å². The topological polar surface area (TPSA) is 58.6 Å². The third kappa shape index (κ3) is 4.24. The second-order valence-electron chi connectivity index (χ2n) is 6.52. The van der Waals surface area contributed by atoms with Gasteiger partial charge in [-0.25, -0.2) is 0 Å². The summed E-state index contributed by atoms with van der Waals surface area (Å²) in [4.78, 5) is 26.6. The van der Waals surface area contributed by atoms with Gasteiger partial charge in [0.1, 0.15) is 5.75 Å². The average Bonchev–Trinajstić information content (AvgIpc) is 3.00. The fourth-order valence-electron chi connectivity index (χ4n) is 3.11. The van der Waals surface area contributed by atoms with Crippen molar-refractivity contribution in [2.75, 3.05) is 16.8 Å². The molecule has 1 fully saturated rings. The first-order valence-electron chi connectivity index (χ1n) is 8.57. The Morgan fingerprint density at radius 1 is 1.19 bits per heavy atom. The van der Waals surface area contributed by atoms with Crippen LogP contribution in [0.2, 0.25) is 0 Å². The molecule has 1 N–H and O–H groups in total. The fraction of sp³-hybridized carbons (Fsp3) is 0.300. The van der Waals surface area contributed by atoms with Crippen LogP contribution in [0.1, 0.15) is 17.5 Å². The van der Waals surface area contributed by atoms with Crippen LogP contribution in [0.25, 0.3) is 0 Å². The van der Waals surface area contributed by atoms with Gasteiger partial charge < -0.3 is 15.0 Å². The van der Waals surface area contributed by atoms with E-state index in [9.17, 15) is 18.4 Å². The molecule has 142 valence electrons. The van der Waals surface area contributed by atoms with Crippen molar-refractivity contribution >= 4 is 23.2 Å². The Kier molecular flexibility index (Phi) is 5.39.